The topological polar surface area (TPSA) is 26.0 Å². The summed E-state index contributed by atoms with van der Waals surface area (Å²) in [5.74, 6) is 0.225. The number of hydrogen-bond acceptors (Lipinski definition) is 1. The Hall–Kier alpha value is -0.600. The number of benzene rings is 1. The molecule has 2 unspecified atom stereocenters. The van der Waals surface area contributed by atoms with Gasteiger partial charge in [-0.1, -0.05) is 50.8 Å². The van der Waals surface area contributed by atoms with E-state index in [1.54, 1.807) is 12.1 Å². The number of rotatable bonds is 7. The maximum atomic E-state index is 13.7. The first-order chi connectivity index (χ1) is 8.58. The number of nitrogens with two attached hydrogens (primary N) is 1. The molecule has 1 nitrogen and oxygen atoms in total. The SMILES string of the molecule is CCCCC(CC)C(N)Cc1ccc(Cl)cc1F. The standard InChI is InChI=1S/C15H23ClFN/c1-3-5-6-11(4-2)15(18)9-12-7-8-13(16)10-14(12)17/h7-8,10-11,15H,3-6,9,18H2,1-2H3. The molecule has 102 valence electrons. The minimum atomic E-state index is -0.247. The molecule has 0 heterocycles. The molecule has 0 saturated heterocycles. The van der Waals surface area contributed by atoms with Gasteiger partial charge in [0, 0.05) is 11.1 Å². The zero-order chi connectivity index (χ0) is 13.5. The van der Waals surface area contributed by atoms with Crippen LogP contribution in [-0.4, -0.2) is 6.04 Å². The molecule has 0 amide bonds. The van der Waals surface area contributed by atoms with Gasteiger partial charge in [0.2, 0.25) is 0 Å². The van der Waals surface area contributed by atoms with E-state index >= 15 is 0 Å². The molecule has 1 aromatic carbocycles. The van der Waals surface area contributed by atoms with Crippen LogP contribution in [-0.2, 0) is 6.42 Å². The van der Waals surface area contributed by atoms with Gasteiger partial charge in [-0.15, -0.1) is 0 Å². The molecule has 0 aliphatic rings. The van der Waals surface area contributed by atoms with Gasteiger partial charge in [-0.05, 0) is 36.5 Å². The first-order valence-electron chi connectivity index (χ1n) is 6.78. The van der Waals surface area contributed by atoms with E-state index in [2.05, 4.69) is 13.8 Å². The maximum Gasteiger partial charge on any atom is 0.127 e. The second kappa shape index (κ2) is 7.75. The Morgan fingerprint density at radius 1 is 1.33 bits per heavy atom. The fourth-order valence-electron chi connectivity index (χ4n) is 2.30. The van der Waals surface area contributed by atoms with Gasteiger partial charge in [0.15, 0.2) is 0 Å². The van der Waals surface area contributed by atoms with Crippen LogP contribution in [0.5, 0.6) is 0 Å². The largest absolute Gasteiger partial charge is 0.327 e. The third-order valence-electron chi connectivity index (χ3n) is 3.53. The van der Waals surface area contributed by atoms with Crippen molar-refractivity contribution in [1.29, 1.82) is 0 Å². The van der Waals surface area contributed by atoms with E-state index < -0.39 is 0 Å². The second-order valence-electron chi connectivity index (χ2n) is 4.91. The van der Waals surface area contributed by atoms with Gasteiger partial charge in [0.25, 0.3) is 0 Å². The van der Waals surface area contributed by atoms with E-state index in [-0.39, 0.29) is 11.9 Å². The van der Waals surface area contributed by atoms with E-state index in [0.717, 1.165) is 12.8 Å². The van der Waals surface area contributed by atoms with Crippen LogP contribution in [0.2, 0.25) is 5.02 Å². The Labute approximate surface area is 115 Å². The quantitative estimate of drug-likeness (QED) is 0.773. The Balaban J connectivity index is 2.64. The summed E-state index contributed by atoms with van der Waals surface area (Å²) in [5.41, 5.74) is 6.88. The molecule has 0 fully saturated rings. The molecular weight excluding hydrogens is 249 g/mol. The first kappa shape index (κ1) is 15.5. The van der Waals surface area contributed by atoms with Gasteiger partial charge in [0.1, 0.15) is 5.82 Å². The molecule has 0 saturated carbocycles. The molecule has 0 spiro atoms. The summed E-state index contributed by atoms with van der Waals surface area (Å²) in [6.45, 7) is 4.33. The van der Waals surface area contributed by atoms with Crippen LogP contribution in [0.15, 0.2) is 18.2 Å². The Morgan fingerprint density at radius 2 is 2.06 bits per heavy atom. The van der Waals surface area contributed by atoms with Gasteiger partial charge in [0.05, 0.1) is 0 Å². The Morgan fingerprint density at radius 3 is 2.61 bits per heavy atom. The van der Waals surface area contributed by atoms with Crippen molar-refractivity contribution in [3.63, 3.8) is 0 Å². The third kappa shape index (κ3) is 4.58. The van der Waals surface area contributed by atoms with Gasteiger partial charge < -0.3 is 5.73 Å². The van der Waals surface area contributed by atoms with Gasteiger partial charge in [-0.25, -0.2) is 4.39 Å². The third-order valence-corrected chi connectivity index (χ3v) is 3.76. The normalized spacial score (nSPS) is 14.5. The average molecular weight is 272 g/mol. The molecule has 2 atom stereocenters. The van der Waals surface area contributed by atoms with Crippen LogP contribution in [0.1, 0.15) is 45.1 Å². The molecule has 0 bridgehead atoms. The lowest BCUT2D eigenvalue weighted by Crippen LogP contribution is -2.32. The summed E-state index contributed by atoms with van der Waals surface area (Å²) < 4.78 is 13.7. The van der Waals surface area contributed by atoms with Crippen molar-refractivity contribution in [2.45, 2.75) is 52.0 Å². The summed E-state index contributed by atoms with van der Waals surface area (Å²) >= 11 is 5.74. The Bertz CT molecular complexity index is 368. The molecule has 0 radical (unpaired) electrons. The number of hydrogen-bond donors (Lipinski definition) is 1. The van der Waals surface area contributed by atoms with E-state index in [4.69, 9.17) is 17.3 Å². The summed E-state index contributed by atoms with van der Waals surface area (Å²) in [4.78, 5) is 0. The van der Waals surface area contributed by atoms with Crippen molar-refractivity contribution in [2.24, 2.45) is 11.7 Å². The van der Waals surface area contributed by atoms with Crippen LogP contribution < -0.4 is 5.73 Å². The zero-order valence-corrected chi connectivity index (χ0v) is 12.0. The van der Waals surface area contributed by atoms with Crippen LogP contribution >= 0.6 is 11.6 Å². The fraction of sp³-hybridized carbons (Fsp3) is 0.600. The highest BCUT2D eigenvalue weighted by atomic mass is 35.5. The summed E-state index contributed by atoms with van der Waals surface area (Å²) in [5, 5.41) is 0.433. The Kier molecular flexibility index (Phi) is 6.66. The van der Waals surface area contributed by atoms with Crippen molar-refractivity contribution < 1.29 is 4.39 Å². The zero-order valence-electron chi connectivity index (χ0n) is 11.3. The predicted octanol–water partition coefficient (Wildman–Crippen LogP) is 4.57. The van der Waals surface area contributed by atoms with Crippen molar-refractivity contribution >= 4 is 11.6 Å². The minimum Gasteiger partial charge on any atom is -0.327 e. The number of unbranched alkanes of at least 4 members (excludes halogenated alkanes) is 1. The summed E-state index contributed by atoms with van der Waals surface area (Å²) in [7, 11) is 0. The van der Waals surface area contributed by atoms with Crippen molar-refractivity contribution in [3.8, 4) is 0 Å². The highest BCUT2D eigenvalue weighted by Gasteiger charge is 2.17. The van der Waals surface area contributed by atoms with Crippen LogP contribution in [0.3, 0.4) is 0 Å². The van der Waals surface area contributed by atoms with E-state index in [1.807, 2.05) is 0 Å². The monoisotopic (exact) mass is 271 g/mol. The summed E-state index contributed by atoms with van der Waals surface area (Å²) in [6, 6.07) is 4.85. The molecule has 0 aromatic heterocycles. The van der Waals surface area contributed by atoms with Crippen LogP contribution in [0, 0.1) is 11.7 Å². The minimum absolute atomic E-state index is 0.0252. The van der Waals surface area contributed by atoms with Crippen LogP contribution in [0.4, 0.5) is 4.39 Å². The lowest BCUT2D eigenvalue weighted by Gasteiger charge is -2.22. The average Bonchev–Trinajstić information content (AvgIpc) is 2.34. The second-order valence-corrected chi connectivity index (χ2v) is 5.35. The maximum absolute atomic E-state index is 13.7. The lowest BCUT2D eigenvalue weighted by atomic mass is 9.88. The molecule has 3 heteroatoms. The smallest absolute Gasteiger partial charge is 0.127 e. The van der Waals surface area contributed by atoms with Crippen molar-refractivity contribution in [3.05, 3.63) is 34.6 Å². The molecule has 18 heavy (non-hydrogen) atoms. The van der Waals surface area contributed by atoms with Crippen molar-refractivity contribution in [2.75, 3.05) is 0 Å². The predicted molar refractivity (Wildman–Crippen MR) is 76.4 cm³/mol. The molecule has 0 aliphatic carbocycles. The highest BCUT2D eigenvalue weighted by molar-refractivity contribution is 6.30. The number of halogens is 2. The fourth-order valence-corrected chi connectivity index (χ4v) is 2.45. The van der Waals surface area contributed by atoms with E-state index in [9.17, 15) is 4.39 Å². The van der Waals surface area contributed by atoms with Crippen LogP contribution in [0.25, 0.3) is 0 Å². The molecule has 1 rings (SSSR count). The van der Waals surface area contributed by atoms with E-state index in [0.29, 0.717) is 22.9 Å². The van der Waals surface area contributed by atoms with Gasteiger partial charge in [-0.3, -0.25) is 0 Å². The molecular formula is C15H23ClFN. The first-order valence-corrected chi connectivity index (χ1v) is 7.15. The lowest BCUT2D eigenvalue weighted by molar-refractivity contribution is 0.366. The van der Waals surface area contributed by atoms with Gasteiger partial charge >= 0.3 is 0 Å². The summed E-state index contributed by atoms with van der Waals surface area (Å²) in [6.07, 6.45) is 5.14. The van der Waals surface area contributed by atoms with Gasteiger partial charge in [-0.2, -0.15) is 0 Å². The molecule has 2 N–H and O–H groups in total. The molecule has 0 aliphatic heterocycles. The highest BCUT2D eigenvalue weighted by Crippen LogP contribution is 2.21. The molecule has 1 aromatic rings. The van der Waals surface area contributed by atoms with Crippen molar-refractivity contribution in [1.82, 2.24) is 0 Å². The van der Waals surface area contributed by atoms with E-state index in [1.165, 1.54) is 18.9 Å².